The molecule has 1 aromatic carbocycles. The Morgan fingerprint density at radius 3 is 2.63 bits per heavy atom. The molecule has 0 aliphatic carbocycles. The minimum absolute atomic E-state index is 0.0108. The van der Waals surface area contributed by atoms with Crippen molar-refractivity contribution in [1.29, 1.82) is 0 Å². The van der Waals surface area contributed by atoms with Crippen molar-refractivity contribution < 1.29 is 4.42 Å². The Labute approximate surface area is 212 Å². The molecule has 1 saturated heterocycles. The fourth-order valence-corrected chi connectivity index (χ4v) is 5.28. The number of para-hydroxylation sites is 1. The average Bonchev–Trinajstić information content (AvgIpc) is 3.58. The maximum Gasteiger partial charge on any atom is 0.170 e. The zero-order chi connectivity index (χ0) is 24.2. The number of aryl methyl sites for hydroxylation is 1. The van der Waals surface area contributed by atoms with Gasteiger partial charge in [-0.15, -0.1) is 0 Å². The molecule has 6 nitrogen and oxygen atoms in total. The predicted molar refractivity (Wildman–Crippen MR) is 143 cm³/mol. The number of rotatable bonds is 9. The molecule has 35 heavy (non-hydrogen) atoms. The molecule has 1 aliphatic rings. The molecule has 180 valence electrons. The summed E-state index contributed by atoms with van der Waals surface area (Å²) in [6.07, 6.45) is 4.54. The van der Waals surface area contributed by atoms with E-state index in [1.165, 1.54) is 17.0 Å². The summed E-state index contributed by atoms with van der Waals surface area (Å²) < 4.78 is 7.95. The summed E-state index contributed by atoms with van der Waals surface area (Å²) in [6, 6.07) is 22.7. The molecule has 7 heteroatoms. The summed E-state index contributed by atoms with van der Waals surface area (Å²) in [5, 5.41) is 7.87. The highest BCUT2D eigenvalue weighted by molar-refractivity contribution is 7.80. The second kappa shape index (κ2) is 10.4. The fraction of sp³-hybridized carbons (Fsp3) is 0.286. The monoisotopic (exact) mass is 485 g/mol. The summed E-state index contributed by atoms with van der Waals surface area (Å²) in [6.45, 7) is 6.79. The Morgan fingerprint density at radius 1 is 1.06 bits per heavy atom. The number of aromatic nitrogens is 2. The van der Waals surface area contributed by atoms with Crippen LogP contribution in [-0.4, -0.2) is 32.7 Å². The third-order valence-electron chi connectivity index (χ3n) is 6.70. The molecule has 0 amide bonds. The minimum Gasteiger partial charge on any atom is -0.467 e. The first kappa shape index (κ1) is 23.2. The number of thiocarbonyl (C=S) groups is 1. The van der Waals surface area contributed by atoms with Gasteiger partial charge in [0.1, 0.15) is 5.76 Å². The van der Waals surface area contributed by atoms with Gasteiger partial charge in [0.15, 0.2) is 5.11 Å². The highest BCUT2D eigenvalue weighted by atomic mass is 32.1. The SMILES string of the molecule is Cc1cc(C2C(c3ccccn3)NC(=S)N2CCCNc2ccccc2)c(C)n1Cc1ccco1. The quantitative estimate of drug-likeness (QED) is 0.237. The number of nitrogens with zero attached hydrogens (tertiary/aromatic N) is 3. The molecular weight excluding hydrogens is 454 g/mol. The number of furan rings is 1. The maximum absolute atomic E-state index is 5.86. The molecule has 0 radical (unpaired) electrons. The second-order valence-corrected chi connectivity index (χ2v) is 9.35. The minimum atomic E-state index is -0.0108. The largest absolute Gasteiger partial charge is 0.467 e. The van der Waals surface area contributed by atoms with Gasteiger partial charge in [-0.25, -0.2) is 0 Å². The molecule has 2 unspecified atom stereocenters. The molecule has 1 fully saturated rings. The molecule has 1 aliphatic heterocycles. The van der Waals surface area contributed by atoms with E-state index in [-0.39, 0.29) is 12.1 Å². The Balaban J connectivity index is 1.41. The van der Waals surface area contributed by atoms with E-state index in [0.717, 1.165) is 41.8 Å². The van der Waals surface area contributed by atoms with Gasteiger partial charge in [-0.1, -0.05) is 24.3 Å². The van der Waals surface area contributed by atoms with Crippen LogP contribution in [-0.2, 0) is 6.54 Å². The summed E-state index contributed by atoms with van der Waals surface area (Å²) in [4.78, 5) is 7.01. The molecule has 3 aromatic heterocycles. The third-order valence-corrected chi connectivity index (χ3v) is 7.05. The Kier molecular flexibility index (Phi) is 6.86. The molecule has 4 heterocycles. The molecule has 5 rings (SSSR count). The lowest BCUT2D eigenvalue weighted by atomic mass is 9.96. The predicted octanol–water partition coefficient (Wildman–Crippen LogP) is 5.62. The van der Waals surface area contributed by atoms with E-state index in [2.05, 4.69) is 63.2 Å². The van der Waals surface area contributed by atoms with E-state index in [0.29, 0.717) is 6.54 Å². The van der Waals surface area contributed by atoms with Crippen LogP contribution < -0.4 is 10.6 Å². The zero-order valence-corrected chi connectivity index (χ0v) is 21.0. The lowest BCUT2D eigenvalue weighted by Gasteiger charge is -2.28. The second-order valence-electron chi connectivity index (χ2n) is 8.96. The normalized spacial score (nSPS) is 17.5. The van der Waals surface area contributed by atoms with Gasteiger partial charge in [-0.2, -0.15) is 0 Å². The topological polar surface area (TPSA) is 58.3 Å². The van der Waals surface area contributed by atoms with Crippen LogP contribution in [0.5, 0.6) is 0 Å². The number of hydrogen-bond acceptors (Lipinski definition) is 4. The van der Waals surface area contributed by atoms with Crippen molar-refractivity contribution in [3.63, 3.8) is 0 Å². The summed E-state index contributed by atoms with van der Waals surface area (Å²) in [5.41, 5.74) is 5.84. The summed E-state index contributed by atoms with van der Waals surface area (Å²) in [5.74, 6) is 0.948. The molecule has 2 atom stereocenters. The van der Waals surface area contributed by atoms with Gasteiger partial charge >= 0.3 is 0 Å². The van der Waals surface area contributed by atoms with E-state index in [4.69, 9.17) is 16.6 Å². The Bertz CT molecular complexity index is 1250. The van der Waals surface area contributed by atoms with Crippen LogP contribution in [0.1, 0.15) is 46.9 Å². The summed E-state index contributed by atoms with van der Waals surface area (Å²) >= 11 is 5.86. The van der Waals surface area contributed by atoms with Crippen LogP contribution in [0.3, 0.4) is 0 Å². The standard InChI is InChI=1S/C28H31N5OS/c1-20-18-24(21(2)33(20)19-23-12-8-17-34-23)27-26(25-13-6-7-14-30-25)31-28(35)32(27)16-9-15-29-22-10-4-3-5-11-22/h3-8,10-14,17-18,26-27,29H,9,15-16,19H2,1-2H3,(H,31,35). The van der Waals surface area contributed by atoms with Crippen molar-refractivity contribution in [2.75, 3.05) is 18.4 Å². The van der Waals surface area contributed by atoms with Gasteiger partial charge in [0.25, 0.3) is 0 Å². The number of pyridine rings is 1. The van der Waals surface area contributed by atoms with E-state index in [9.17, 15) is 0 Å². The van der Waals surface area contributed by atoms with Crippen molar-refractivity contribution in [1.82, 2.24) is 19.8 Å². The summed E-state index contributed by atoms with van der Waals surface area (Å²) in [7, 11) is 0. The molecule has 2 N–H and O–H groups in total. The number of benzene rings is 1. The van der Waals surface area contributed by atoms with E-state index in [1.807, 2.05) is 48.7 Å². The van der Waals surface area contributed by atoms with E-state index in [1.54, 1.807) is 6.26 Å². The first-order valence-electron chi connectivity index (χ1n) is 12.1. The third kappa shape index (κ3) is 4.95. The number of anilines is 1. The smallest absolute Gasteiger partial charge is 0.170 e. The van der Waals surface area contributed by atoms with Gasteiger partial charge in [-0.3, -0.25) is 4.98 Å². The first-order chi connectivity index (χ1) is 17.1. The van der Waals surface area contributed by atoms with Crippen LogP contribution in [0, 0.1) is 13.8 Å². The average molecular weight is 486 g/mol. The van der Waals surface area contributed by atoms with Crippen LogP contribution in [0.25, 0.3) is 0 Å². The van der Waals surface area contributed by atoms with Gasteiger partial charge in [-0.05, 0) is 80.5 Å². The van der Waals surface area contributed by atoms with Crippen LogP contribution >= 0.6 is 12.2 Å². The molecule has 0 saturated carbocycles. The van der Waals surface area contributed by atoms with Gasteiger partial charge in [0.05, 0.1) is 30.6 Å². The van der Waals surface area contributed by atoms with E-state index >= 15 is 0 Å². The maximum atomic E-state index is 5.86. The highest BCUT2D eigenvalue weighted by Crippen LogP contribution is 2.41. The van der Waals surface area contributed by atoms with Gasteiger partial charge < -0.3 is 24.5 Å². The number of nitrogens with one attached hydrogen (secondary N) is 2. The van der Waals surface area contributed by atoms with Gasteiger partial charge in [0, 0.05) is 36.4 Å². The lowest BCUT2D eigenvalue weighted by molar-refractivity contribution is 0.315. The zero-order valence-electron chi connectivity index (χ0n) is 20.1. The molecular formula is C28H31N5OS. The van der Waals surface area contributed by atoms with Crippen molar-refractivity contribution in [3.8, 4) is 0 Å². The Morgan fingerprint density at radius 2 is 1.89 bits per heavy atom. The Hall–Kier alpha value is -3.58. The highest BCUT2D eigenvalue weighted by Gasteiger charge is 2.41. The van der Waals surface area contributed by atoms with Crippen molar-refractivity contribution in [3.05, 3.63) is 108 Å². The molecule has 0 spiro atoms. The van der Waals surface area contributed by atoms with Crippen LogP contribution in [0.15, 0.2) is 83.6 Å². The van der Waals surface area contributed by atoms with Crippen molar-refractivity contribution in [2.24, 2.45) is 0 Å². The first-order valence-corrected chi connectivity index (χ1v) is 12.5. The van der Waals surface area contributed by atoms with Crippen molar-refractivity contribution >= 4 is 23.0 Å². The fourth-order valence-electron chi connectivity index (χ4n) is 4.95. The van der Waals surface area contributed by atoms with Crippen LogP contribution in [0.4, 0.5) is 5.69 Å². The van der Waals surface area contributed by atoms with Gasteiger partial charge in [0.2, 0.25) is 0 Å². The van der Waals surface area contributed by atoms with E-state index < -0.39 is 0 Å². The van der Waals surface area contributed by atoms with Crippen molar-refractivity contribution in [2.45, 2.75) is 38.9 Å². The number of hydrogen-bond donors (Lipinski definition) is 2. The molecule has 0 bridgehead atoms. The van der Waals surface area contributed by atoms with Crippen LogP contribution in [0.2, 0.25) is 0 Å². The lowest BCUT2D eigenvalue weighted by Crippen LogP contribution is -2.31. The molecule has 4 aromatic rings.